The molecule has 1 fully saturated rings. The first kappa shape index (κ1) is 19.8. The van der Waals surface area contributed by atoms with Gasteiger partial charge in [-0.3, -0.25) is 4.90 Å². The number of nitrogens with zero attached hydrogens (tertiary/aromatic N) is 1. The number of unbranched alkanes of at least 4 members (excludes halogenated alkanes) is 3. The molecule has 3 heteroatoms. The summed E-state index contributed by atoms with van der Waals surface area (Å²) < 4.78 is 12.2. The van der Waals surface area contributed by atoms with E-state index in [1.54, 1.807) is 0 Å². The van der Waals surface area contributed by atoms with E-state index < -0.39 is 0 Å². The number of piperidine rings is 1. The van der Waals surface area contributed by atoms with Gasteiger partial charge in [-0.15, -0.1) is 0 Å². The van der Waals surface area contributed by atoms with Crippen LogP contribution in [0.3, 0.4) is 0 Å². The lowest BCUT2D eigenvalue weighted by Crippen LogP contribution is -2.43. The molecule has 0 aromatic heterocycles. The second-order valence-electron chi connectivity index (χ2n) is 7.41. The Hall–Kier alpha value is -2.00. The van der Waals surface area contributed by atoms with E-state index in [4.69, 9.17) is 9.47 Å². The zero-order chi connectivity index (χ0) is 18.7. The third-order valence-corrected chi connectivity index (χ3v) is 5.20. The molecule has 1 aliphatic heterocycles. The molecule has 1 heterocycles. The van der Waals surface area contributed by atoms with Crippen molar-refractivity contribution in [3.63, 3.8) is 0 Å². The van der Waals surface area contributed by atoms with E-state index in [9.17, 15) is 0 Å². The lowest BCUT2D eigenvalue weighted by atomic mass is 10.1. The Balaban J connectivity index is 1.48. The standard InChI is InChI=1S/C24H33NO2/c1-2-3-4-9-18-25-19-10-8-13-24(25)27-23-16-14-22(15-17-23)26-20-21-11-6-5-7-12-21/h5-7,11-12,14-17,24H,2-4,8-10,13,18-20H2,1H3. The summed E-state index contributed by atoms with van der Waals surface area (Å²) in [5.74, 6) is 1.82. The maximum absolute atomic E-state index is 6.31. The van der Waals surface area contributed by atoms with Gasteiger partial charge in [-0.05, 0) is 55.5 Å². The van der Waals surface area contributed by atoms with Crippen LogP contribution in [0.5, 0.6) is 11.5 Å². The van der Waals surface area contributed by atoms with E-state index in [0.717, 1.165) is 31.0 Å². The highest BCUT2D eigenvalue weighted by atomic mass is 16.5. The van der Waals surface area contributed by atoms with Crippen molar-refractivity contribution in [2.45, 2.75) is 64.7 Å². The predicted molar refractivity (Wildman–Crippen MR) is 111 cm³/mol. The SMILES string of the molecule is CCCCCCN1CCCCC1Oc1ccc(OCc2ccccc2)cc1. The summed E-state index contributed by atoms with van der Waals surface area (Å²) in [6.07, 6.45) is 9.13. The summed E-state index contributed by atoms with van der Waals surface area (Å²) in [5.41, 5.74) is 1.18. The van der Waals surface area contributed by atoms with Gasteiger partial charge >= 0.3 is 0 Å². The van der Waals surface area contributed by atoms with E-state index in [0.29, 0.717) is 6.61 Å². The fourth-order valence-electron chi connectivity index (χ4n) is 3.60. The molecule has 3 nitrogen and oxygen atoms in total. The summed E-state index contributed by atoms with van der Waals surface area (Å²) in [5, 5.41) is 0. The molecule has 0 aliphatic carbocycles. The van der Waals surface area contributed by atoms with Crippen LogP contribution in [0.2, 0.25) is 0 Å². The second-order valence-corrected chi connectivity index (χ2v) is 7.41. The number of benzene rings is 2. The lowest BCUT2D eigenvalue weighted by Gasteiger charge is -2.35. The zero-order valence-corrected chi connectivity index (χ0v) is 16.6. The van der Waals surface area contributed by atoms with Gasteiger partial charge in [-0.25, -0.2) is 0 Å². The van der Waals surface area contributed by atoms with Crippen LogP contribution < -0.4 is 9.47 Å². The number of hydrogen-bond acceptors (Lipinski definition) is 3. The molecule has 1 saturated heterocycles. The fraction of sp³-hybridized carbons (Fsp3) is 0.500. The molecule has 0 N–H and O–H groups in total. The van der Waals surface area contributed by atoms with E-state index in [1.807, 2.05) is 42.5 Å². The summed E-state index contributed by atoms with van der Waals surface area (Å²) in [7, 11) is 0. The van der Waals surface area contributed by atoms with Crippen molar-refractivity contribution >= 4 is 0 Å². The van der Waals surface area contributed by atoms with E-state index in [2.05, 4.69) is 24.0 Å². The van der Waals surface area contributed by atoms with E-state index in [1.165, 1.54) is 44.1 Å². The van der Waals surface area contributed by atoms with Crippen molar-refractivity contribution in [2.75, 3.05) is 13.1 Å². The van der Waals surface area contributed by atoms with Crippen LogP contribution in [0.1, 0.15) is 57.4 Å². The van der Waals surface area contributed by atoms with Gasteiger partial charge < -0.3 is 9.47 Å². The molecule has 1 unspecified atom stereocenters. The maximum atomic E-state index is 6.31. The topological polar surface area (TPSA) is 21.7 Å². The highest BCUT2D eigenvalue weighted by molar-refractivity contribution is 5.31. The molecule has 146 valence electrons. The number of hydrogen-bond donors (Lipinski definition) is 0. The molecular formula is C24H33NO2. The van der Waals surface area contributed by atoms with Crippen LogP contribution in [0.15, 0.2) is 54.6 Å². The van der Waals surface area contributed by atoms with Crippen LogP contribution in [-0.2, 0) is 6.61 Å². The number of ether oxygens (including phenoxy) is 2. The largest absolute Gasteiger partial charge is 0.489 e. The third-order valence-electron chi connectivity index (χ3n) is 5.20. The van der Waals surface area contributed by atoms with E-state index in [-0.39, 0.29) is 6.23 Å². The van der Waals surface area contributed by atoms with Crippen molar-refractivity contribution in [3.8, 4) is 11.5 Å². The molecular weight excluding hydrogens is 334 g/mol. The molecule has 27 heavy (non-hydrogen) atoms. The molecule has 2 aromatic carbocycles. The summed E-state index contributed by atoms with van der Waals surface area (Å²) in [4.78, 5) is 2.53. The molecule has 1 atom stereocenters. The average molecular weight is 368 g/mol. The zero-order valence-electron chi connectivity index (χ0n) is 16.6. The van der Waals surface area contributed by atoms with Gasteiger partial charge in [0.2, 0.25) is 0 Å². The van der Waals surface area contributed by atoms with Gasteiger partial charge in [-0.2, -0.15) is 0 Å². The Morgan fingerprint density at radius 3 is 2.44 bits per heavy atom. The van der Waals surface area contributed by atoms with Gasteiger partial charge in [-0.1, -0.05) is 56.5 Å². The number of rotatable bonds is 10. The molecule has 3 rings (SSSR count). The second kappa shape index (κ2) is 11.0. The van der Waals surface area contributed by atoms with Gasteiger partial charge in [0, 0.05) is 13.1 Å². The van der Waals surface area contributed by atoms with Crippen LogP contribution in [0.25, 0.3) is 0 Å². The molecule has 0 bridgehead atoms. The summed E-state index contributed by atoms with van der Waals surface area (Å²) >= 11 is 0. The smallest absolute Gasteiger partial charge is 0.152 e. The molecule has 0 amide bonds. The minimum Gasteiger partial charge on any atom is -0.489 e. The van der Waals surface area contributed by atoms with Gasteiger partial charge in [0.25, 0.3) is 0 Å². The van der Waals surface area contributed by atoms with Gasteiger partial charge in [0.05, 0.1) is 0 Å². The molecule has 1 aliphatic rings. The van der Waals surface area contributed by atoms with Crippen LogP contribution >= 0.6 is 0 Å². The highest BCUT2D eigenvalue weighted by Gasteiger charge is 2.23. The van der Waals surface area contributed by atoms with Gasteiger partial charge in [0.1, 0.15) is 18.1 Å². The maximum Gasteiger partial charge on any atom is 0.152 e. The summed E-state index contributed by atoms with van der Waals surface area (Å²) in [6, 6.07) is 18.3. The first-order valence-electron chi connectivity index (χ1n) is 10.5. The first-order chi connectivity index (χ1) is 13.3. The van der Waals surface area contributed by atoms with Crippen LogP contribution in [0, 0.1) is 0 Å². The van der Waals surface area contributed by atoms with Crippen molar-refractivity contribution in [3.05, 3.63) is 60.2 Å². The van der Waals surface area contributed by atoms with Crippen molar-refractivity contribution < 1.29 is 9.47 Å². The monoisotopic (exact) mass is 367 g/mol. The van der Waals surface area contributed by atoms with Crippen molar-refractivity contribution in [1.29, 1.82) is 0 Å². The van der Waals surface area contributed by atoms with Crippen molar-refractivity contribution in [2.24, 2.45) is 0 Å². The molecule has 0 saturated carbocycles. The Morgan fingerprint density at radius 1 is 0.889 bits per heavy atom. The minimum atomic E-state index is 0.219. The minimum absolute atomic E-state index is 0.219. The van der Waals surface area contributed by atoms with Crippen LogP contribution in [0.4, 0.5) is 0 Å². The molecule has 0 spiro atoms. The fourth-order valence-corrected chi connectivity index (χ4v) is 3.60. The van der Waals surface area contributed by atoms with Crippen LogP contribution in [-0.4, -0.2) is 24.2 Å². The third kappa shape index (κ3) is 6.59. The predicted octanol–water partition coefficient (Wildman–Crippen LogP) is 6.04. The average Bonchev–Trinajstić information content (AvgIpc) is 2.72. The van der Waals surface area contributed by atoms with Gasteiger partial charge in [0.15, 0.2) is 6.23 Å². The quantitative estimate of drug-likeness (QED) is 0.478. The number of likely N-dealkylation sites (tertiary alicyclic amines) is 1. The Morgan fingerprint density at radius 2 is 1.67 bits per heavy atom. The first-order valence-corrected chi connectivity index (χ1v) is 10.5. The molecule has 0 radical (unpaired) electrons. The summed E-state index contributed by atoms with van der Waals surface area (Å²) in [6.45, 7) is 5.17. The Kier molecular flexibility index (Phi) is 8.03. The Bertz CT molecular complexity index is 641. The lowest BCUT2D eigenvalue weighted by molar-refractivity contribution is -0.00476. The molecule has 2 aromatic rings. The van der Waals surface area contributed by atoms with E-state index >= 15 is 0 Å². The Labute approximate surface area is 164 Å². The normalized spacial score (nSPS) is 17.6. The van der Waals surface area contributed by atoms with Crippen molar-refractivity contribution in [1.82, 2.24) is 4.90 Å². The highest BCUT2D eigenvalue weighted by Crippen LogP contribution is 2.24.